The second kappa shape index (κ2) is 8.45. The van der Waals surface area contributed by atoms with Crippen LogP contribution in [0.25, 0.3) is 0 Å². The van der Waals surface area contributed by atoms with Crippen LogP contribution in [0.3, 0.4) is 0 Å². The molecule has 1 saturated heterocycles. The standard InChI is InChI=1S/C28H37F2NO4S/c1-25-10-9-20(32)11-18(25)7-8-21-22-12-19-15-31(14-17-5-3-4-6-17)35-28(19,24(34)36-16-29)26(22,2)13-23(33)27(21,25)30/h9-11,17,19,21-23,33H,3-8,12-16H2,1-2H3/t19-,21-,22-,23-,25-,26-,27-,28-/m0/s1. The number of carbonyl (C=O) groups excluding carboxylic acids is 2. The number of aliphatic hydroxyl groups is 1. The average Bonchev–Trinajstić information content (AvgIpc) is 3.52. The van der Waals surface area contributed by atoms with E-state index in [2.05, 4.69) is 0 Å². The Morgan fingerprint density at radius 1 is 1.25 bits per heavy atom. The van der Waals surface area contributed by atoms with Crippen molar-refractivity contribution in [3.8, 4) is 0 Å². The van der Waals surface area contributed by atoms with Crippen LogP contribution < -0.4 is 0 Å². The molecule has 6 aliphatic rings. The van der Waals surface area contributed by atoms with E-state index < -0.39 is 40.1 Å². The Kier molecular flexibility index (Phi) is 5.92. The molecule has 8 heteroatoms. The fourth-order valence-electron chi connectivity index (χ4n) is 9.42. The fourth-order valence-corrected chi connectivity index (χ4v) is 10.2. The van der Waals surface area contributed by atoms with Gasteiger partial charge in [-0.1, -0.05) is 43.2 Å². The number of hydroxylamine groups is 2. The summed E-state index contributed by atoms with van der Waals surface area (Å²) in [6.07, 6.45) is 9.80. The number of fused-ring (bicyclic) bond motifs is 7. The van der Waals surface area contributed by atoms with E-state index in [4.69, 9.17) is 4.84 Å². The SMILES string of the molecule is C[C@]12C=CC(=O)C=C1CC[C@H]1[C@@H]3C[C@H]4CN(CC5CCCC5)O[C@@]4(C(=O)SCF)[C@@]3(C)C[C@H](O)[C@@]12F. The van der Waals surface area contributed by atoms with Crippen LogP contribution in [0, 0.1) is 34.5 Å². The van der Waals surface area contributed by atoms with Crippen molar-refractivity contribution in [1.29, 1.82) is 0 Å². The Hall–Kier alpha value is -1.09. The van der Waals surface area contributed by atoms with Crippen molar-refractivity contribution in [3.05, 3.63) is 23.8 Å². The smallest absolute Gasteiger partial charge is 0.226 e. The number of aliphatic hydroxyl groups excluding tert-OH is 1. The van der Waals surface area contributed by atoms with E-state index in [0.29, 0.717) is 43.5 Å². The van der Waals surface area contributed by atoms with Gasteiger partial charge in [-0.2, -0.15) is 5.06 Å². The van der Waals surface area contributed by atoms with Crippen LogP contribution in [-0.2, 0) is 14.4 Å². The highest BCUT2D eigenvalue weighted by Gasteiger charge is 2.79. The molecule has 5 nitrogen and oxygen atoms in total. The van der Waals surface area contributed by atoms with E-state index in [9.17, 15) is 19.1 Å². The quantitative estimate of drug-likeness (QED) is 0.565. The van der Waals surface area contributed by atoms with Gasteiger partial charge in [-0.15, -0.1) is 0 Å². The first kappa shape index (κ1) is 25.2. The lowest BCUT2D eigenvalue weighted by atomic mass is 9.45. The number of alkyl halides is 2. The monoisotopic (exact) mass is 521 g/mol. The van der Waals surface area contributed by atoms with Gasteiger partial charge < -0.3 is 5.11 Å². The molecular weight excluding hydrogens is 484 g/mol. The molecule has 5 fully saturated rings. The number of allylic oxidation sites excluding steroid dienone is 4. The van der Waals surface area contributed by atoms with Crippen molar-refractivity contribution in [1.82, 2.24) is 5.06 Å². The summed E-state index contributed by atoms with van der Waals surface area (Å²) in [6.45, 7) is 5.12. The zero-order valence-corrected chi connectivity index (χ0v) is 22.0. The summed E-state index contributed by atoms with van der Waals surface area (Å²) < 4.78 is 30.9. The molecule has 0 aromatic heterocycles. The van der Waals surface area contributed by atoms with E-state index in [1.165, 1.54) is 25.0 Å². The van der Waals surface area contributed by atoms with E-state index in [1.807, 2.05) is 12.0 Å². The van der Waals surface area contributed by atoms with Crippen molar-refractivity contribution < 1.29 is 28.3 Å². The first-order valence-corrected chi connectivity index (χ1v) is 14.6. The Labute approximate surface area is 216 Å². The lowest BCUT2D eigenvalue weighted by molar-refractivity contribution is -0.263. The number of halogens is 2. The van der Waals surface area contributed by atoms with E-state index in [-0.39, 0.29) is 29.2 Å². The molecule has 0 unspecified atom stereocenters. The van der Waals surface area contributed by atoms with Crippen molar-refractivity contribution in [2.45, 2.75) is 82.6 Å². The predicted octanol–water partition coefficient (Wildman–Crippen LogP) is 4.95. The van der Waals surface area contributed by atoms with Crippen LogP contribution in [0.2, 0.25) is 0 Å². The fraction of sp³-hybridized carbons (Fsp3) is 0.786. The van der Waals surface area contributed by atoms with Gasteiger partial charge in [0.2, 0.25) is 5.12 Å². The Bertz CT molecular complexity index is 1030. The predicted molar refractivity (Wildman–Crippen MR) is 133 cm³/mol. The summed E-state index contributed by atoms with van der Waals surface area (Å²) in [5, 5.41) is 13.2. The van der Waals surface area contributed by atoms with Gasteiger partial charge in [-0.05, 0) is 69.4 Å². The highest BCUT2D eigenvalue weighted by molar-refractivity contribution is 8.13. The minimum atomic E-state index is -1.95. The normalized spacial score (nSPS) is 48.4. The van der Waals surface area contributed by atoms with Gasteiger partial charge in [0.05, 0.1) is 6.10 Å². The van der Waals surface area contributed by atoms with Crippen molar-refractivity contribution >= 4 is 22.7 Å². The number of nitrogens with zero attached hydrogens (tertiary/aromatic N) is 1. The second-order valence-corrected chi connectivity index (χ2v) is 13.4. The molecule has 8 atom stereocenters. The number of hydrogen-bond donors (Lipinski definition) is 1. The second-order valence-electron chi connectivity index (χ2n) is 12.6. The third-order valence-electron chi connectivity index (χ3n) is 11.1. The first-order chi connectivity index (χ1) is 17.1. The van der Waals surface area contributed by atoms with E-state index >= 15 is 4.39 Å². The van der Waals surface area contributed by atoms with Gasteiger partial charge in [0.1, 0.15) is 6.01 Å². The Morgan fingerprint density at radius 2 is 2.00 bits per heavy atom. The largest absolute Gasteiger partial charge is 0.390 e. The Morgan fingerprint density at radius 3 is 2.72 bits per heavy atom. The minimum Gasteiger partial charge on any atom is -0.390 e. The van der Waals surface area contributed by atoms with Gasteiger partial charge in [0.15, 0.2) is 17.1 Å². The number of thioether (sulfide) groups is 1. The van der Waals surface area contributed by atoms with Gasteiger partial charge >= 0.3 is 0 Å². The van der Waals surface area contributed by atoms with Crippen molar-refractivity contribution in [2.24, 2.45) is 34.5 Å². The number of carbonyl (C=O) groups is 2. The highest BCUT2D eigenvalue weighted by Crippen LogP contribution is 2.73. The zero-order valence-electron chi connectivity index (χ0n) is 21.2. The maximum atomic E-state index is 17.4. The van der Waals surface area contributed by atoms with Gasteiger partial charge in [0, 0.05) is 35.8 Å². The van der Waals surface area contributed by atoms with Crippen molar-refractivity contribution in [2.75, 3.05) is 19.1 Å². The van der Waals surface area contributed by atoms with Crippen LogP contribution in [0.4, 0.5) is 8.78 Å². The molecule has 198 valence electrons. The Balaban J connectivity index is 1.38. The molecule has 1 N–H and O–H groups in total. The average molecular weight is 522 g/mol. The summed E-state index contributed by atoms with van der Waals surface area (Å²) in [5.41, 5.74) is -4.34. The molecule has 5 aliphatic carbocycles. The van der Waals surface area contributed by atoms with Gasteiger partial charge in [-0.25, -0.2) is 8.78 Å². The van der Waals surface area contributed by atoms with Gasteiger partial charge in [0.25, 0.3) is 0 Å². The summed E-state index contributed by atoms with van der Waals surface area (Å²) in [5.74, 6) is -0.433. The topological polar surface area (TPSA) is 66.8 Å². The third kappa shape index (κ3) is 3.10. The molecule has 4 saturated carbocycles. The van der Waals surface area contributed by atoms with Crippen LogP contribution in [-0.4, -0.2) is 57.5 Å². The summed E-state index contributed by atoms with van der Waals surface area (Å²) in [4.78, 5) is 32.4. The maximum Gasteiger partial charge on any atom is 0.226 e. The number of rotatable bonds is 4. The van der Waals surface area contributed by atoms with Crippen LogP contribution in [0.15, 0.2) is 23.8 Å². The number of hydrogen-bond acceptors (Lipinski definition) is 6. The molecule has 0 amide bonds. The molecule has 0 aromatic rings. The molecule has 0 aromatic carbocycles. The summed E-state index contributed by atoms with van der Waals surface area (Å²) in [6, 6.07) is -0.829. The molecular formula is C28H37F2NO4S. The lowest BCUT2D eigenvalue weighted by Crippen LogP contribution is -2.69. The molecule has 1 heterocycles. The summed E-state index contributed by atoms with van der Waals surface area (Å²) in [7, 11) is 0. The van der Waals surface area contributed by atoms with Crippen LogP contribution in [0.5, 0.6) is 0 Å². The summed E-state index contributed by atoms with van der Waals surface area (Å²) >= 11 is 0.652. The first-order valence-electron chi connectivity index (χ1n) is 13.6. The molecule has 36 heavy (non-hydrogen) atoms. The maximum absolute atomic E-state index is 17.4. The molecule has 0 spiro atoms. The van der Waals surface area contributed by atoms with Crippen LogP contribution >= 0.6 is 11.8 Å². The van der Waals surface area contributed by atoms with E-state index in [1.54, 1.807) is 13.0 Å². The van der Waals surface area contributed by atoms with Gasteiger partial charge in [-0.3, -0.25) is 14.4 Å². The number of ketones is 1. The molecule has 0 radical (unpaired) electrons. The van der Waals surface area contributed by atoms with E-state index in [0.717, 1.165) is 25.0 Å². The van der Waals surface area contributed by atoms with Crippen molar-refractivity contribution in [3.63, 3.8) is 0 Å². The third-order valence-corrected chi connectivity index (χ3v) is 11.8. The minimum absolute atomic E-state index is 0.0711. The molecule has 0 bridgehead atoms. The highest BCUT2D eigenvalue weighted by atomic mass is 32.2. The van der Waals surface area contributed by atoms with Crippen LogP contribution in [0.1, 0.15) is 65.2 Å². The zero-order chi connectivity index (χ0) is 25.5. The lowest BCUT2D eigenvalue weighted by Gasteiger charge is -2.62. The molecule has 1 aliphatic heterocycles. The molecule has 6 rings (SSSR count).